The lowest BCUT2D eigenvalue weighted by Gasteiger charge is -2.09. The Bertz CT molecular complexity index is 1340. The van der Waals surface area contributed by atoms with E-state index >= 15 is 0 Å². The third kappa shape index (κ3) is 3.52. The first kappa shape index (κ1) is 18.9. The van der Waals surface area contributed by atoms with Crippen molar-refractivity contribution in [3.05, 3.63) is 60.0 Å². The number of carbonyl (C=O) groups excluding carboxylic acids is 1. The molecule has 0 saturated heterocycles. The maximum Gasteiger partial charge on any atom is 0.256 e. The summed E-state index contributed by atoms with van der Waals surface area (Å²) in [7, 11) is -1.63. The summed E-state index contributed by atoms with van der Waals surface area (Å²) in [5.41, 5.74) is 2.46. The molecular formula is C20H18N4O4S. The quantitative estimate of drug-likeness (QED) is 0.554. The van der Waals surface area contributed by atoms with Crippen LogP contribution in [0.5, 0.6) is 0 Å². The van der Waals surface area contributed by atoms with Gasteiger partial charge in [0.25, 0.3) is 5.91 Å². The van der Waals surface area contributed by atoms with E-state index < -0.39 is 15.7 Å². The highest BCUT2D eigenvalue weighted by Crippen LogP contribution is 2.28. The molecule has 4 aromatic rings. The molecule has 0 aliphatic rings. The highest BCUT2D eigenvalue weighted by Gasteiger charge is 2.20. The SMILES string of the molecule is Cc1nn(C)c2nc(-c3ccco3)cc(C(=O)Nc3cccc(S(C)(=O)=O)c3)c12. The van der Waals surface area contributed by atoms with Crippen LogP contribution in [-0.4, -0.2) is 35.3 Å². The number of benzene rings is 1. The van der Waals surface area contributed by atoms with Gasteiger partial charge in [0.2, 0.25) is 0 Å². The normalized spacial score (nSPS) is 11.7. The summed E-state index contributed by atoms with van der Waals surface area (Å²) in [6, 6.07) is 11.3. The van der Waals surface area contributed by atoms with E-state index in [1.807, 2.05) is 0 Å². The van der Waals surface area contributed by atoms with Crippen LogP contribution >= 0.6 is 0 Å². The number of hydrogen-bond acceptors (Lipinski definition) is 6. The third-order valence-electron chi connectivity index (χ3n) is 4.51. The Hall–Kier alpha value is -3.46. The van der Waals surface area contributed by atoms with E-state index in [1.165, 1.54) is 18.4 Å². The van der Waals surface area contributed by atoms with E-state index in [1.54, 1.807) is 49.0 Å². The average molecular weight is 410 g/mol. The van der Waals surface area contributed by atoms with Gasteiger partial charge in [0.1, 0.15) is 5.69 Å². The monoisotopic (exact) mass is 410 g/mol. The van der Waals surface area contributed by atoms with Gasteiger partial charge >= 0.3 is 0 Å². The summed E-state index contributed by atoms with van der Waals surface area (Å²) in [5, 5.41) is 7.77. The van der Waals surface area contributed by atoms with Crippen molar-refractivity contribution in [1.29, 1.82) is 0 Å². The Kier molecular flexibility index (Phi) is 4.46. The fraction of sp³-hybridized carbons (Fsp3) is 0.150. The maximum atomic E-state index is 13.1. The molecule has 1 N–H and O–H groups in total. The van der Waals surface area contributed by atoms with Crippen LogP contribution in [-0.2, 0) is 16.9 Å². The van der Waals surface area contributed by atoms with Crippen molar-refractivity contribution in [3.63, 3.8) is 0 Å². The molecule has 3 heterocycles. The first-order valence-corrected chi connectivity index (χ1v) is 10.6. The van der Waals surface area contributed by atoms with Crippen LogP contribution in [0.4, 0.5) is 5.69 Å². The van der Waals surface area contributed by atoms with E-state index in [2.05, 4.69) is 15.4 Å². The molecule has 0 unspecified atom stereocenters. The lowest BCUT2D eigenvalue weighted by atomic mass is 10.1. The Morgan fingerprint density at radius 2 is 1.97 bits per heavy atom. The molecule has 0 atom stereocenters. The maximum absolute atomic E-state index is 13.1. The van der Waals surface area contributed by atoms with Gasteiger partial charge in [-0.1, -0.05) is 6.07 Å². The fourth-order valence-corrected chi connectivity index (χ4v) is 3.84. The lowest BCUT2D eigenvalue weighted by Crippen LogP contribution is -2.13. The zero-order chi connectivity index (χ0) is 20.8. The molecule has 0 radical (unpaired) electrons. The first-order valence-electron chi connectivity index (χ1n) is 8.74. The summed E-state index contributed by atoms with van der Waals surface area (Å²) >= 11 is 0. The van der Waals surface area contributed by atoms with Crippen LogP contribution < -0.4 is 5.32 Å². The van der Waals surface area contributed by atoms with Crippen molar-refractivity contribution in [1.82, 2.24) is 14.8 Å². The minimum atomic E-state index is -3.39. The Morgan fingerprint density at radius 1 is 1.17 bits per heavy atom. The molecule has 1 amide bonds. The Labute approximate surface area is 167 Å². The smallest absolute Gasteiger partial charge is 0.256 e. The molecule has 3 aromatic heterocycles. The molecule has 8 nitrogen and oxygen atoms in total. The van der Waals surface area contributed by atoms with Gasteiger partial charge in [-0.05, 0) is 43.3 Å². The number of pyridine rings is 1. The average Bonchev–Trinajstić information content (AvgIpc) is 3.29. The number of fused-ring (bicyclic) bond motifs is 1. The number of nitrogens with one attached hydrogen (secondary N) is 1. The first-order chi connectivity index (χ1) is 13.7. The molecular weight excluding hydrogens is 392 g/mol. The second-order valence-corrected chi connectivity index (χ2v) is 8.71. The number of carbonyl (C=O) groups is 1. The predicted octanol–water partition coefficient (Wildman–Crippen LogP) is 3.19. The summed E-state index contributed by atoms with van der Waals surface area (Å²) < 4.78 is 30.6. The highest BCUT2D eigenvalue weighted by atomic mass is 32.2. The van der Waals surface area contributed by atoms with Crippen molar-refractivity contribution >= 4 is 32.5 Å². The number of sulfone groups is 1. The van der Waals surface area contributed by atoms with E-state index in [9.17, 15) is 13.2 Å². The fourth-order valence-electron chi connectivity index (χ4n) is 3.18. The van der Waals surface area contributed by atoms with E-state index in [0.717, 1.165) is 6.26 Å². The number of aryl methyl sites for hydroxylation is 2. The zero-order valence-electron chi connectivity index (χ0n) is 16.0. The predicted molar refractivity (Wildman–Crippen MR) is 108 cm³/mol. The van der Waals surface area contributed by atoms with E-state index in [4.69, 9.17) is 4.42 Å². The summed E-state index contributed by atoms with van der Waals surface area (Å²) in [6.07, 6.45) is 2.65. The van der Waals surface area contributed by atoms with Gasteiger partial charge in [-0.15, -0.1) is 0 Å². The number of hydrogen-bond donors (Lipinski definition) is 1. The van der Waals surface area contributed by atoms with Gasteiger partial charge in [0, 0.05) is 19.0 Å². The minimum Gasteiger partial charge on any atom is -0.463 e. The Balaban J connectivity index is 1.82. The second-order valence-electron chi connectivity index (χ2n) is 6.69. The Morgan fingerprint density at radius 3 is 2.66 bits per heavy atom. The molecule has 0 fully saturated rings. The largest absolute Gasteiger partial charge is 0.463 e. The van der Waals surface area contributed by atoms with Crippen LogP contribution in [0.25, 0.3) is 22.5 Å². The molecule has 29 heavy (non-hydrogen) atoms. The van der Waals surface area contributed by atoms with Gasteiger partial charge in [-0.25, -0.2) is 13.4 Å². The number of amides is 1. The lowest BCUT2D eigenvalue weighted by molar-refractivity contribution is 0.102. The molecule has 1 aromatic carbocycles. The van der Waals surface area contributed by atoms with Gasteiger partial charge in [0.15, 0.2) is 21.2 Å². The van der Waals surface area contributed by atoms with E-state index in [-0.39, 0.29) is 4.90 Å². The van der Waals surface area contributed by atoms with Gasteiger partial charge in [0.05, 0.1) is 27.8 Å². The second kappa shape index (κ2) is 6.85. The molecule has 4 rings (SSSR count). The van der Waals surface area contributed by atoms with Gasteiger partial charge in [-0.3, -0.25) is 9.48 Å². The number of furan rings is 1. The standard InChI is InChI=1S/C20H18N4O4S/c1-12-18-15(20(25)21-13-6-4-7-14(10-13)29(3,26)27)11-16(17-8-5-9-28-17)22-19(18)24(2)23-12/h4-11H,1-3H3,(H,21,25). The molecule has 9 heteroatoms. The summed E-state index contributed by atoms with van der Waals surface area (Å²) in [4.78, 5) is 17.8. The van der Waals surface area contributed by atoms with Crippen LogP contribution in [0, 0.1) is 6.92 Å². The number of rotatable bonds is 4. The van der Waals surface area contributed by atoms with Gasteiger partial charge in [-0.2, -0.15) is 5.10 Å². The molecule has 0 saturated carbocycles. The van der Waals surface area contributed by atoms with Gasteiger partial charge < -0.3 is 9.73 Å². The zero-order valence-corrected chi connectivity index (χ0v) is 16.8. The van der Waals surface area contributed by atoms with Crippen LogP contribution in [0.2, 0.25) is 0 Å². The summed E-state index contributed by atoms with van der Waals surface area (Å²) in [6.45, 7) is 1.80. The number of nitrogens with zero attached hydrogens (tertiary/aromatic N) is 3. The van der Waals surface area contributed by atoms with Crippen molar-refractivity contribution in [3.8, 4) is 11.5 Å². The van der Waals surface area contributed by atoms with E-state index in [0.29, 0.717) is 39.4 Å². The number of aromatic nitrogens is 3. The molecule has 0 spiro atoms. The van der Waals surface area contributed by atoms with Crippen molar-refractivity contribution < 1.29 is 17.6 Å². The van der Waals surface area contributed by atoms with Crippen LogP contribution in [0.15, 0.2) is 58.0 Å². The molecule has 148 valence electrons. The van der Waals surface area contributed by atoms with Crippen LogP contribution in [0.3, 0.4) is 0 Å². The van der Waals surface area contributed by atoms with Crippen molar-refractivity contribution in [2.45, 2.75) is 11.8 Å². The van der Waals surface area contributed by atoms with Crippen LogP contribution in [0.1, 0.15) is 16.1 Å². The summed E-state index contributed by atoms with van der Waals surface area (Å²) in [5.74, 6) is 0.130. The number of anilines is 1. The molecule has 0 bridgehead atoms. The third-order valence-corrected chi connectivity index (χ3v) is 5.62. The van der Waals surface area contributed by atoms with Crippen molar-refractivity contribution in [2.75, 3.05) is 11.6 Å². The molecule has 0 aliphatic carbocycles. The van der Waals surface area contributed by atoms with Crippen molar-refractivity contribution in [2.24, 2.45) is 7.05 Å². The highest BCUT2D eigenvalue weighted by molar-refractivity contribution is 7.90. The minimum absolute atomic E-state index is 0.129. The topological polar surface area (TPSA) is 107 Å². The molecule has 0 aliphatic heterocycles.